The second-order valence-corrected chi connectivity index (χ2v) is 8.25. The van der Waals surface area contributed by atoms with E-state index < -0.39 is 18.0 Å². The summed E-state index contributed by atoms with van der Waals surface area (Å²) < 4.78 is 0. The minimum absolute atomic E-state index is 0.0485. The highest BCUT2D eigenvalue weighted by Gasteiger charge is 2.60. The largest absolute Gasteiger partial charge is 0.477 e. The summed E-state index contributed by atoms with van der Waals surface area (Å²) in [6, 6.07) is -0.290. The van der Waals surface area contributed by atoms with Gasteiger partial charge in [0.15, 0.2) is 0 Å². The molecule has 8 nitrogen and oxygen atoms in total. The van der Waals surface area contributed by atoms with E-state index in [0.29, 0.717) is 17.9 Å². The van der Waals surface area contributed by atoms with Crippen LogP contribution in [0.1, 0.15) is 27.2 Å². The van der Waals surface area contributed by atoms with Gasteiger partial charge in [0.2, 0.25) is 11.8 Å². The first-order valence-corrected chi connectivity index (χ1v) is 9.26. The van der Waals surface area contributed by atoms with E-state index in [4.69, 9.17) is 0 Å². The highest BCUT2D eigenvalue weighted by atomic mass is 32.2. The van der Waals surface area contributed by atoms with Gasteiger partial charge in [-0.2, -0.15) is 0 Å². The second kappa shape index (κ2) is 6.62. The van der Waals surface area contributed by atoms with Crippen LogP contribution < -0.4 is 10.6 Å². The predicted molar refractivity (Wildman–Crippen MR) is 91.2 cm³/mol. The smallest absolute Gasteiger partial charge is 0.353 e. The molecule has 0 aromatic heterocycles. The number of aliphatic hydroxyl groups is 1. The van der Waals surface area contributed by atoms with Crippen LogP contribution in [0.2, 0.25) is 0 Å². The van der Waals surface area contributed by atoms with Gasteiger partial charge in [-0.25, -0.2) is 4.79 Å². The van der Waals surface area contributed by atoms with E-state index in [2.05, 4.69) is 10.6 Å². The minimum Gasteiger partial charge on any atom is -0.477 e. The van der Waals surface area contributed by atoms with Gasteiger partial charge in [0.05, 0.1) is 24.2 Å². The quantitative estimate of drug-likeness (QED) is 0.491. The van der Waals surface area contributed by atoms with Gasteiger partial charge in [-0.05, 0) is 13.3 Å². The molecule has 0 bridgehead atoms. The standard InChI is InChI=1S/C16H23N3O5S/c1-6-12-11(7(2)20)15(22)19(12)13(16(23)24)14(6)25-9-4-10(17-5-9)18-8(3)21/h6-7,9-12,17,20H,4-5H2,1-3H3,(H,18,21)(H,23,24)/t6-,7-,9+,10-,11-,12-/m1/s1. The lowest BCUT2D eigenvalue weighted by Gasteiger charge is -2.46. The molecule has 3 heterocycles. The molecule has 2 saturated heterocycles. The highest BCUT2D eigenvalue weighted by molar-refractivity contribution is 8.03. The summed E-state index contributed by atoms with van der Waals surface area (Å²) in [7, 11) is 0. The molecule has 3 aliphatic rings. The van der Waals surface area contributed by atoms with Crippen LogP contribution in [0.25, 0.3) is 0 Å². The Bertz CT molecular complexity index is 650. The zero-order valence-corrected chi connectivity index (χ0v) is 15.2. The molecule has 6 atom stereocenters. The lowest BCUT2D eigenvalue weighted by Crippen LogP contribution is -2.63. The number of aliphatic carboxylic acids is 1. The maximum absolute atomic E-state index is 12.3. The number of carbonyl (C=O) groups excluding carboxylic acids is 2. The van der Waals surface area contributed by atoms with Crippen LogP contribution in [0.4, 0.5) is 0 Å². The van der Waals surface area contributed by atoms with Crippen LogP contribution >= 0.6 is 11.8 Å². The molecule has 3 aliphatic heterocycles. The maximum Gasteiger partial charge on any atom is 0.353 e. The lowest BCUT2D eigenvalue weighted by molar-refractivity contribution is -0.163. The van der Waals surface area contributed by atoms with E-state index in [-0.39, 0.29) is 40.9 Å². The summed E-state index contributed by atoms with van der Waals surface area (Å²) in [5, 5.41) is 25.6. The number of nitrogens with one attached hydrogen (secondary N) is 2. The summed E-state index contributed by atoms with van der Waals surface area (Å²) in [4.78, 5) is 37.2. The second-order valence-electron chi connectivity index (χ2n) is 6.91. The van der Waals surface area contributed by atoms with Crippen molar-refractivity contribution in [3.05, 3.63) is 10.6 Å². The summed E-state index contributed by atoms with van der Waals surface area (Å²) in [5.74, 6) is -2.22. The van der Waals surface area contributed by atoms with Gasteiger partial charge in [0.1, 0.15) is 5.70 Å². The van der Waals surface area contributed by atoms with Crippen molar-refractivity contribution in [2.75, 3.05) is 6.54 Å². The summed E-state index contributed by atoms with van der Waals surface area (Å²) in [6.07, 6.45) is -0.233. The molecule has 0 aromatic rings. The first kappa shape index (κ1) is 18.2. The average Bonchev–Trinajstić information content (AvgIpc) is 3.01. The van der Waals surface area contributed by atoms with Gasteiger partial charge in [-0.3, -0.25) is 14.9 Å². The summed E-state index contributed by atoms with van der Waals surface area (Å²) in [5.41, 5.74) is 0.0485. The van der Waals surface area contributed by atoms with Crippen LogP contribution in [-0.4, -0.2) is 63.0 Å². The average molecular weight is 369 g/mol. The normalized spacial score (nSPS) is 35.4. The third-order valence-electron chi connectivity index (χ3n) is 5.07. The number of carboxylic acid groups (broad SMARTS) is 1. The van der Waals surface area contributed by atoms with Crippen molar-refractivity contribution in [1.82, 2.24) is 15.5 Å². The summed E-state index contributed by atoms with van der Waals surface area (Å²) in [6.45, 7) is 5.58. The fourth-order valence-corrected chi connectivity index (χ4v) is 5.49. The third kappa shape index (κ3) is 3.04. The van der Waals surface area contributed by atoms with Crippen LogP contribution in [0, 0.1) is 11.8 Å². The van der Waals surface area contributed by atoms with Gasteiger partial charge in [0.25, 0.3) is 0 Å². The molecule has 9 heteroatoms. The van der Waals surface area contributed by atoms with Crippen LogP contribution in [-0.2, 0) is 14.4 Å². The van der Waals surface area contributed by atoms with Crippen molar-refractivity contribution in [3.8, 4) is 0 Å². The molecule has 3 rings (SSSR count). The van der Waals surface area contributed by atoms with Crippen molar-refractivity contribution in [3.63, 3.8) is 0 Å². The molecule has 0 aromatic carbocycles. The Labute approximate surface area is 150 Å². The van der Waals surface area contributed by atoms with Gasteiger partial charge >= 0.3 is 5.97 Å². The highest BCUT2D eigenvalue weighted by Crippen LogP contribution is 2.51. The monoisotopic (exact) mass is 369 g/mol. The molecule has 0 saturated carbocycles. The van der Waals surface area contributed by atoms with Gasteiger partial charge in [-0.1, -0.05) is 6.92 Å². The fourth-order valence-electron chi connectivity index (χ4n) is 4.01. The predicted octanol–water partition coefficient (Wildman–Crippen LogP) is -0.303. The number of amides is 2. The minimum atomic E-state index is -1.11. The zero-order chi connectivity index (χ0) is 18.5. The molecule has 2 fully saturated rings. The van der Waals surface area contributed by atoms with Crippen molar-refractivity contribution in [2.45, 2.75) is 50.8 Å². The van der Waals surface area contributed by atoms with E-state index in [1.165, 1.54) is 23.6 Å². The van der Waals surface area contributed by atoms with Crippen molar-refractivity contribution in [1.29, 1.82) is 0 Å². The summed E-state index contributed by atoms with van der Waals surface area (Å²) >= 11 is 1.46. The van der Waals surface area contributed by atoms with E-state index in [9.17, 15) is 24.6 Å². The topological polar surface area (TPSA) is 119 Å². The number of carbonyl (C=O) groups is 3. The number of hydrogen-bond donors (Lipinski definition) is 4. The molecule has 0 spiro atoms. The number of carboxylic acids is 1. The maximum atomic E-state index is 12.3. The SMILES string of the molecule is CC(=O)N[C@@H]1C[C@H](SC2=C(C(=O)O)N3C(=O)[C@H]([C@@H](C)O)[C@H]3[C@H]2C)CN1. The molecular formula is C16H23N3O5S. The Hall–Kier alpha value is -1.58. The molecule has 25 heavy (non-hydrogen) atoms. The number of hydrogen-bond acceptors (Lipinski definition) is 6. The first-order chi connectivity index (χ1) is 11.7. The molecule has 0 aliphatic carbocycles. The lowest BCUT2D eigenvalue weighted by atomic mass is 9.79. The van der Waals surface area contributed by atoms with Crippen LogP contribution in [0.3, 0.4) is 0 Å². The van der Waals surface area contributed by atoms with Gasteiger partial charge in [-0.15, -0.1) is 11.8 Å². The zero-order valence-electron chi connectivity index (χ0n) is 14.4. The van der Waals surface area contributed by atoms with Gasteiger partial charge < -0.3 is 20.4 Å². The Morgan fingerprint density at radius 3 is 2.68 bits per heavy atom. The van der Waals surface area contributed by atoms with E-state index in [1.807, 2.05) is 6.92 Å². The Morgan fingerprint density at radius 1 is 1.44 bits per heavy atom. The Morgan fingerprint density at radius 2 is 2.12 bits per heavy atom. The van der Waals surface area contributed by atoms with Crippen LogP contribution in [0.5, 0.6) is 0 Å². The number of β-lactam (4-membered cyclic amide) rings is 1. The number of rotatable bonds is 5. The van der Waals surface area contributed by atoms with Crippen molar-refractivity contribution >= 4 is 29.5 Å². The molecule has 2 amide bonds. The molecule has 0 unspecified atom stereocenters. The number of thioether (sulfide) groups is 1. The number of nitrogens with zero attached hydrogens (tertiary/aromatic N) is 1. The molecule has 0 radical (unpaired) electrons. The molecule has 4 N–H and O–H groups in total. The van der Waals surface area contributed by atoms with Gasteiger partial charge in [0, 0.05) is 29.5 Å². The van der Waals surface area contributed by atoms with E-state index in [0.717, 1.165) is 0 Å². The Balaban J connectivity index is 1.77. The number of aliphatic hydroxyl groups excluding tert-OH is 1. The molecule has 138 valence electrons. The van der Waals surface area contributed by atoms with Crippen molar-refractivity contribution in [2.24, 2.45) is 11.8 Å². The van der Waals surface area contributed by atoms with Crippen molar-refractivity contribution < 1.29 is 24.6 Å². The van der Waals surface area contributed by atoms with E-state index >= 15 is 0 Å². The molecular weight excluding hydrogens is 346 g/mol. The van der Waals surface area contributed by atoms with E-state index in [1.54, 1.807) is 6.92 Å². The first-order valence-electron chi connectivity index (χ1n) is 8.38. The van der Waals surface area contributed by atoms with Crippen LogP contribution in [0.15, 0.2) is 10.6 Å². The number of fused-ring (bicyclic) bond motifs is 1. The third-order valence-corrected chi connectivity index (χ3v) is 6.58. The Kier molecular flexibility index (Phi) is 4.82. The fraction of sp³-hybridized carbons (Fsp3) is 0.688.